The normalized spacial score (nSPS) is 29.9. The molecular formula is C24H24ClN5O3S. The number of aliphatic hydroxyl groups is 2. The molecule has 3 saturated carbocycles. The highest BCUT2D eigenvalue weighted by molar-refractivity contribution is 7.16. The molecule has 5 atom stereocenters. The maximum absolute atomic E-state index is 12.6. The maximum Gasteiger partial charge on any atom is 0.209 e. The molecule has 0 bridgehead atoms. The van der Waals surface area contributed by atoms with Gasteiger partial charge in [-0.25, -0.2) is 15.0 Å². The van der Waals surface area contributed by atoms with Gasteiger partial charge in [0.2, 0.25) is 5.82 Å². The molecule has 0 aromatic carbocycles. The van der Waals surface area contributed by atoms with Crippen LogP contribution < -0.4 is 5.32 Å². The van der Waals surface area contributed by atoms with E-state index in [2.05, 4.69) is 32.1 Å². The Morgan fingerprint density at radius 3 is 2.82 bits per heavy atom. The number of anilines is 1. The average Bonchev–Trinajstić information content (AvgIpc) is 3.05. The van der Waals surface area contributed by atoms with E-state index in [1.807, 2.05) is 6.07 Å². The van der Waals surface area contributed by atoms with Gasteiger partial charge in [-0.15, -0.1) is 11.3 Å². The first-order chi connectivity index (χ1) is 16.4. The molecule has 176 valence electrons. The molecule has 0 radical (unpaired) electrons. The number of nitrogens with one attached hydrogen (secondary N) is 1. The van der Waals surface area contributed by atoms with Crippen LogP contribution in [0, 0.1) is 23.2 Å². The van der Waals surface area contributed by atoms with Gasteiger partial charge in [-0.05, 0) is 55.6 Å². The molecule has 3 fully saturated rings. The van der Waals surface area contributed by atoms with Crippen LogP contribution in [-0.4, -0.2) is 53.8 Å². The Labute approximate surface area is 205 Å². The summed E-state index contributed by atoms with van der Waals surface area (Å²) in [7, 11) is 0. The minimum absolute atomic E-state index is 0.000833. The number of ketones is 1. The van der Waals surface area contributed by atoms with Gasteiger partial charge >= 0.3 is 0 Å². The summed E-state index contributed by atoms with van der Waals surface area (Å²) in [6, 6.07) is 3.49. The van der Waals surface area contributed by atoms with Gasteiger partial charge in [0.1, 0.15) is 11.9 Å². The Hall–Kier alpha value is -2.51. The van der Waals surface area contributed by atoms with Gasteiger partial charge in [0.25, 0.3) is 0 Å². The zero-order chi connectivity index (χ0) is 23.6. The van der Waals surface area contributed by atoms with Crippen LogP contribution in [0.25, 0.3) is 11.2 Å². The molecule has 3 aromatic rings. The highest BCUT2D eigenvalue weighted by atomic mass is 35.5. The van der Waals surface area contributed by atoms with E-state index in [-0.39, 0.29) is 11.7 Å². The van der Waals surface area contributed by atoms with Gasteiger partial charge in [-0.1, -0.05) is 18.5 Å². The van der Waals surface area contributed by atoms with Crippen LogP contribution in [0.15, 0.2) is 18.5 Å². The van der Waals surface area contributed by atoms with Crippen molar-refractivity contribution < 1.29 is 15.0 Å². The number of rotatable bonds is 5. The summed E-state index contributed by atoms with van der Waals surface area (Å²) in [4.78, 5) is 27.3. The monoisotopic (exact) mass is 497 g/mol. The third-order valence-corrected chi connectivity index (χ3v) is 8.72. The second-order valence-electron chi connectivity index (χ2n) is 9.40. The van der Waals surface area contributed by atoms with Crippen LogP contribution in [0.2, 0.25) is 4.34 Å². The second kappa shape index (κ2) is 8.02. The van der Waals surface area contributed by atoms with Crippen LogP contribution >= 0.6 is 22.9 Å². The van der Waals surface area contributed by atoms with Crippen LogP contribution in [0.4, 0.5) is 5.82 Å². The van der Waals surface area contributed by atoms with Crippen LogP contribution in [-0.2, 0) is 4.79 Å². The molecular weight excluding hydrogens is 474 g/mol. The van der Waals surface area contributed by atoms with Gasteiger partial charge in [-0.2, -0.15) is 0 Å². The van der Waals surface area contributed by atoms with E-state index in [4.69, 9.17) is 11.6 Å². The van der Waals surface area contributed by atoms with Crippen LogP contribution in [0.3, 0.4) is 0 Å². The molecule has 0 spiro atoms. The fraction of sp³-hybridized carbons (Fsp3) is 0.500. The molecule has 0 saturated heterocycles. The SMILES string of the molecule is CCC(=O)[C@@]12C[C@@H]1[C@@H](n1cnc3c(NC4CCC4)nc(C#Cc4ccc(Cl)s4)nc31)[C@@H](O)C2O. The zero-order valence-corrected chi connectivity index (χ0v) is 20.1. The molecule has 3 heterocycles. The number of hydrogen-bond donors (Lipinski definition) is 3. The maximum atomic E-state index is 12.6. The smallest absolute Gasteiger partial charge is 0.209 e. The van der Waals surface area contributed by atoms with Gasteiger partial charge < -0.3 is 20.1 Å². The summed E-state index contributed by atoms with van der Waals surface area (Å²) in [6.45, 7) is 1.79. The van der Waals surface area contributed by atoms with Crippen molar-refractivity contribution in [2.24, 2.45) is 11.3 Å². The van der Waals surface area contributed by atoms with E-state index in [0.29, 0.717) is 46.0 Å². The number of nitrogens with zero attached hydrogens (tertiary/aromatic N) is 4. The third-order valence-electron chi connectivity index (χ3n) is 7.57. The fourth-order valence-electron chi connectivity index (χ4n) is 5.51. The third kappa shape index (κ3) is 3.28. The molecule has 0 amide bonds. The number of aliphatic hydroxyl groups excluding tert-OH is 2. The van der Waals surface area contributed by atoms with Crippen LogP contribution in [0.1, 0.15) is 55.8 Å². The lowest BCUT2D eigenvalue weighted by atomic mass is 9.92. The van der Waals surface area contributed by atoms with Crippen LogP contribution in [0.5, 0.6) is 0 Å². The van der Waals surface area contributed by atoms with E-state index < -0.39 is 23.7 Å². The molecule has 3 aromatic heterocycles. The largest absolute Gasteiger partial charge is 0.389 e. The van der Waals surface area contributed by atoms with Crippen molar-refractivity contribution in [2.45, 2.75) is 63.3 Å². The number of carbonyl (C=O) groups excluding carboxylic acids is 1. The Morgan fingerprint density at radius 1 is 1.32 bits per heavy atom. The summed E-state index contributed by atoms with van der Waals surface area (Å²) in [5.41, 5.74) is 0.266. The number of fused-ring (bicyclic) bond motifs is 2. The van der Waals surface area contributed by atoms with E-state index in [1.54, 1.807) is 23.9 Å². The lowest BCUT2D eigenvalue weighted by Crippen LogP contribution is -2.37. The fourth-order valence-corrected chi connectivity index (χ4v) is 6.41. The van der Waals surface area contributed by atoms with E-state index in [1.165, 1.54) is 17.8 Å². The van der Waals surface area contributed by atoms with Gasteiger partial charge in [0.15, 0.2) is 17.0 Å². The summed E-state index contributed by atoms with van der Waals surface area (Å²) >= 11 is 7.41. The molecule has 10 heteroatoms. The topological polar surface area (TPSA) is 113 Å². The number of aromatic nitrogens is 4. The summed E-state index contributed by atoms with van der Waals surface area (Å²) in [5, 5.41) is 25.2. The number of carbonyl (C=O) groups is 1. The molecule has 8 nitrogen and oxygen atoms in total. The lowest BCUT2D eigenvalue weighted by Gasteiger charge is -2.27. The molecule has 3 aliphatic rings. The molecule has 34 heavy (non-hydrogen) atoms. The van der Waals surface area contributed by atoms with Crippen molar-refractivity contribution in [3.8, 4) is 11.8 Å². The number of Topliss-reactive ketones (excluding diaryl/α,β-unsaturated/α-hetero) is 1. The Morgan fingerprint density at radius 2 is 2.15 bits per heavy atom. The highest BCUT2D eigenvalue weighted by Gasteiger charge is 2.74. The lowest BCUT2D eigenvalue weighted by molar-refractivity contribution is -0.130. The predicted octanol–water partition coefficient (Wildman–Crippen LogP) is 3.17. The van der Waals surface area contributed by atoms with Gasteiger partial charge in [0.05, 0.1) is 33.1 Å². The molecule has 1 unspecified atom stereocenters. The summed E-state index contributed by atoms with van der Waals surface area (Å²) < 4.78 is 2.46. The number of imidazole rings is 1. The van der Waals surface area contributed by atoms with Crippen molar-refractivity contribution in [3.63, 3.8) is 0 Å². The second-order valence-corrected chi connectivity index (χ2v) is 11.1. The highest BCUT2D eigenvalue weighted by Crippen LogP contribution is 2.68. The first-order valence-corrected chi connectivity index (χ1v) is 12.8. The molecule has 0 aliphatic heterocycles. The van der Waals surface area contributed by atoms with E-state index >= 15 is 0 Å². The van der Waals surface area contributed by atoms with Crippen molar-refractivity contribution in [1.82, 2.24) is 19.5 Å². The van der Waals surface area contributed by atoms with Gasteiger partial charge in [0, 0.05) is 12.5 Å². The zero-order valence-electron chi connectivity index (χ0n) is 18.5. The first kappa shape index (κ1) is 22.0. The minimum atomic E-state index is -1.09. The molecule has 3 N–H and O–H groups in total. The predicted molar refractivity (Wildman–Crippen MR) is 129 cm³/mol. The van der Waals surface area contributed by atoms with Crippen molar-refractivity contribution in [2.75, 3.05) is 5.32 Å². The minimum Gasteiger partial charge on any atom is -0.389 e. The molecule has 3 aliphatic carbocycles. The summed E-state index contributed by atoms with van der Waals surface area (Å²) in [6.07, 6.45) is 3.67. The number of hydrogen-bond acceptors (Lipinski definition) is 8. The Balaban J connectivity index is 1.43. The van der Waals surface area contributed by atoms with E-state index in [0.717, 1.165) is 17.7 Å². The van der Waals surface area contributed by atoms with Crippen molar-refractivity contribution in [1.29, 1.82) is 0 Å². The standard InChI is InChI=1S/C24H24ClN5O3S/c1-2-15(31)24-10-14(24)19(20(32)21(24)33)30-11-26-18-22(27-12-4-3-5-12)28-17(29-23(18)30)9-7-13-6-8-16(25)34-13/h6,8,11-12,14,19-21,32-33H,2-5,10H2,1H3,(H,27,28,29)/t14-,19-,20-,21?,24-/m1/s1. The first-order valence-electron chi connectivity index (χ1n) is 11.6. The Kier molecular flexibility index (Phi) is 5.19. The van der Waals surface area contributed by atoms with E-state index in [9.17, 15) is 15.0 Å². The Bertz CT molecular complexity index is 1360. The number of thiophene rings is 1. The van der Waals surface area contributed by atoms with Crippen molar-refractivity contribution >= 4 is 45.7 Å². The quantitative estimate of drug-likeness (QED) is 0.464. The molecule has 6 rings (SSSR count). The van der Waals surface area contributed by atoms with Gasteiger partial charge in [-0.3, -0.25) is 4.79 Å². The number of halogens is 1. The summed E-state index contributed by atoms with van der Waals surface area (Å²) in [5.74, 6) is 6.89. The van der Waals surface area contributed by atoms with Crippen molar-refractivity contribution in [3.05, 3.63) is 33.5 Å². The average molecular weight is 498 g/mol.